The molecule has 1 fully saturated rings. The fourth-order valence-electron chi connectivity index (χ4n) is 2.86. The summed E-state index contributed by atoms with van der Waals surface area (Å²) in [5.41, 5.74) is 7.03. The second-order valence-corrected chi connectivity index (χ2v) is 7.68. The number of likely N-dealkylation sites (tertiary alicyclic amines) is 1. The van der Waals surface area contributed by atoms with Crippen LogP contribution in [0, 0.1) is 11.2 Å². The van der Waals surface area contributed by atoms with Gasteiger partial charge in [0.15, 0.2) is 11.5 Å². The summed E-state index contributed by atoms with van der Waals surface area (Å²) in [6.45, 7) is 2.96. The van der Waals surface area contributed by atoms with Crippen molar-refractivity contribution in [1.82, 2.24) is 20.7 Å². The van der Waals surface area contributed by atoms with Gasteiger partial charge in [-0.25, -0.2) is 14.0 Å². The van der Waals surface area contributed by atoms with Crippen molar-refractivity contribution in [2.75, 3.05) is 25.0 Å². The SMILES string of the molecule is CC1(CNc2nonc2C(=Nc2ccc(F)c(Br)c2)NO)CN(C(=O)C(N)=O)C1. The summed E-state index contributed by atoms with van der Waals surface area (Å²) < 4.78 is 18.3. The largest absolute Gasteiger partial charge is 0.365 e. The Labute approximate surface area is 172 Å². The number of anilines is 1. The first-order valence-electron chi connectivity index (χ1n) is 8.32. The lowest BCUT2D eigenvalue weighted by atomic mass is 9.81. The molecule has 0 radical (unpaired) electrons. The molecule has 5 N–H and O–H groups in total. The molecule has 2 heterocycles. The van der Waals surface area contributed by atoms with Crippen LogP contribution in [0.5, 0.6) is 0 Å². The molecule has 3 rings (SSSR count). The predicted molar refractivity (Wildman–Crippen MR) is 102 cm³/mol. The number of aromatic nitrogens is 2. The number of nitrogens with one attached hydrogen (secondary N) is 2. The third kappa shape index (κ3) is 4.51. The molecule has 0 bridgehead atoms. The minimum absolute atomic E-state index is 0.0726. The Morgan fingerprint density at radius 3 is 2.79 bits per heavy atom. The first kappa shape index (κ1) is 20.7. The summed E-state index contributed by atoms with van der Waals surface area (Å²) in [7, 11) is 0. The number of carbonyl (C=O) groups excluding carboxylic acids is 2. The number of benzene rings is 1. The molecule has 1 aromatic heterocycles. The van der Waals surface area contributed by atoms with Gasteiger partial charge in [-0.05, 0) is 44.4 Å². The lowest BCUT2D eigenvalue weighted by Crippen LogP contribution is -2.61. The Morgan fingerprint density at radius 2 is 2.17 bits per heavy atom. The Hall–Kier alpha value is -3.06. The van der Waals surface area contributed by atoms with Gasteiger partial charge < -0.3 is 16.0 Å². The van der Waals surface area contributed by atoms with Gasteiger partial charge in [0, 0.05) is 25.0 Å². The minimum atomic E-state index is -0.995. The molecular weight excluding hydrogens is 453 g/mol. The number of primary amides is 1. The molecule has 1 aliphatic rings. The smallest absolute Gasteiger partial charge is 0.311 e. The zero-order valence-corrected chi connectivity index (χ0v) is 16.7. The summed E-state index contributed by atoms with van der Waals surface area (Å²) in [6.07, 6.45) is 0. The van der Waals surface area contributed by atoms with Gasteiger partial charge in [0.2, 0.25) is 5.82 Å². The predicted octanol–water partition coefficient (Wildman–Crippen LogP) is 0.774. The Balaban J connectivity index is 1.70. The summed E-state index contributed by atoms with van der Waals surface area (Å²) in [5, 5.41) is 19.9. The molecule has 154 valence electrons. The third-order valence-electron chi connectivity index (χ3n) is 4.29. The van der Waals surface area contributed by atoms with Crippen LogP contribution in [-0.2, 0) is 9.59 Å². The number of nitrogens with zero attached hydrogens (tertiary/aromatic N) is 4. The van der Waals surface area contributed by atoms with Gasteiger partial charge in [0.05, 0.1) is 10.2 Å². The normalized spacial score (nSPS) is 15.6. The second-order valence-electron chi connectivity index (χ2n) is 6.82. The number of hydroxylamine groups is 1. The Kier molecular flexibility index (Phi) is 5.79. The highest BCUT2D eigenvalue weighted by Gasteiger charge is 2.42. The zero-order chi connectivity index (χ0) is 21.2. The molecular formula is C16H17BrFN7O4. The van der Waals surface area contributed by atoms with E-state index in [4.69, 9.17) is 10.4 Å². The van der Waals surface area contributed by atoms with E-state index in [1.54, 1.807) is 0 Å². The quantitative estimate of drug-likeness (QED) is 0.216. The average Bonchev–Trinajstić information content (AvgIpc) is 3.12. The lowest BCUT2D eigenvalue weighted by Gasteiger charge is -2.47. The first-order valence-corrected chi connectivity index (χ1v) is 9.11. The van der Waals surface area contributed by atoms with Crippen molar-refractivity contribution in [3.8, 4) is 0 Å². The molecule has 2 amide bonds. The average molecular weight is 470 g/mol. The van der Waals surface area contributed by atoms with Crippen LogP contribution >= 0.6 is 15.9 Å². The van der Waals surface area contributed by atoms with Crippen LogP contribution in [0.3, 0.4) is 0 Å². The van der Waals surface area contributed by atoms with Crippen molar-refractivity contribution in [2.24, 2.45) is 16.1 Å². The Bertz CT molecular complexity index is 974. The van der Waals surface area contributed by atoms with Crippen LogP contribution < -0.4 is 16.5 Å². The fraction of sp³-hybridized carbons (Fsp3) is 0.312. The van der Waals surface area contributed by atoms with Gasteiger partial charge in [-0.15, -0.1) is 0 Å². The maximum absolute atomic E-state index is 13.4. The molecule has 0 unspecified atom stereocenters. The highest BCUT2D eigenvalue weighted by Crippen LogP contribution is 2.30. The molecule has 13 heteroatoms. The van der Waals surface area contributed by atoms with E-state index in [2.05, 4.69) is 36.6 Å². The number of nitrogens with two attached hydrogens (primary N) is 1. The van der Waals surface area contributed by atoms with Gasteiger partial charge in [0.25, 0.3) is 0 Å². The first-order chi connectivity index (χ1) is 13.7. The molecule has 1 saturated heterocycles. The van der Waals surface area contributed by atoms with Crippen molar-refractivity contribution in [2.45, 2.75) is 6.92 Å². The molecule has 1 aliphatic heterocycles. The van der Waals surface area contributed by atoms with Crippen LogP contribution in [0.1, 0.15) is 12.6 Å². The molecule has 29 heavy (non-hydrogen) atoms. The number of hydrogen-bond acceptors (Lipinski definition) is 8. The number of halogens is 2. The maximum Gasteiger partial charge on any atom is 0.311 e. The van der Waals surface area contributed by atoms with Crippen LogP contribution in [0.25, 0.3) is 0 Å². The van der Waals surface area contributed by atoms with Crippen molar-refractivity contribution >= 4 is 45.1 Å². The standard InChI is InChI=1S/C16H17BrFN7O4/c1-16(6-25(7-16)15(27)12(19)26)5-20-13-11(23-29-24-13)14(22-28)21-8-2-3-10(18)9(17)4-8/h2-4,28H,5-7H2,1H3,(H2,19,26)(H,20,24)(H,21,22). The van der Waals surface area contributed by atoms with Crippen molar-refractivity contribution in [1.29, 1.82) is 0 Å². The van der Waals surface area contributed by atoms with E-state index in [1.807, 2.05) is 12.4 Å². The number of amides is 2. The van der Waals surface area contributed by atoms with E-state index in [0.717, 1.165) is 0 Å². The van der Waals surface area contributed by atoms with E-state index in [1.165, 1.54) is 23.1 Å². The molecule has 0 atom stereocenters. The summed E-state index contributed by atoms with van der Waals surface area (Å²) in [6, 6.07) is 4.06. The van der Waals surface area contributed by atoms with Crippen LogP contribution in [0.15, 0.2) is 32.3 Å². The number of aliphatic imine (C=N–C) groups is 1. The monoisotopic (exact) mass is 469 g/mol. The van der Waals surface area contributed by atoms with E-state index >= 15 is 0 Å². The Morgan fingerprint density at radius 1 is 1.45 bits per heavy atom. The molecule has 1 aromatic carbocycles. The van der Waals surface area contributed by atoms with Crippen molar-refractivity contribution in [3.05, 3.63) is 34.2 Å². The molecule has 2 aromatic rings. The van der Waals surface area contributed by atoms with Gasteiger partial charge in [-0.3, -0.25) is 20.3 Å². The number of rotatable bonds is 5. The number of hydrogen-bond donors (Lipinski definition) is 4. The van der Waals surface area contributed by atoms with Crippen LogP contribution in [0.2, 0.25) is 0 Å². The highest BCUT2D eigenvalue weighted by molar-refractivity contribution is 9.10. The van der Waals surface area contributed by atoms with Gasteiger partial charge in [0.1, 0.15) is 5.82 Å². The maximum atomic E-state index is 13.4. The number of amidine groups is 1. The van der Waals surface area contributed by atoms with Gasteiger partial charge in [-0.1, -0.05) is 6.92 Å². The molecule has 0 spiro atoms. The fourth-order valence-corrected chi connectivity index (χ4v) is 3.22. The minimum Gasteiger partial charge on any atom is -0.365 e. The van der Waals surface area contributed by atoms with E-state index in [-0.39, 0.29) is 27.2 Å². The van der Waals surface area contributed by atoms with Gasteiger partial charge >= 0.3 is 11.8 Å². The van der Waals surface area contributed by atoms with E-state index in [9.17, 15) is 19.2 Å². The summed E-state index contributed by atoms with van der Waals surface area (Å²) in [4.78, 5) is 28.0. The summed E-state index contributed by atoms with van der Waals surface area (Å²) >= 11 is 3.06. The molecule has 0 saturated carbocycles. The van der Waals surface area contributed by atoms with Crippen LogP contribution in [0.4, 0.5) is 15.9 Å². The number of carbonyl (C=O) groups is 2. The summed E-state index contributed by atoms with van der Waals surface area (Å²) in [5.74, 6) is -2.05. The van der Waals surface area contributed by atoms with E-state index in [0.29, 0.717) is 25.3 Å². The highest BCUT2D eigenvalue weighted by atomic mass is 79.9. The second kappa shape index (κ2) is 8.13. The van der Waals surface area contributed by atoms with E-state index < -0.39 is 17.6 Å². The topological polar surface area (TPSA) is 159 Å². The molecule has 0 aliphatic carbocycles. The zero-order valence-electron chi connectivity index (χ0n) is 15.1. The van der Waals surface area contributed by atoms with Crippen molar-refractivity contribution < 1.29 is 23.8 Å². The third-order valence-corrected chi connectivity index (χ3v) is 4.90. The van der Waals surface area contributed by atoms with Crippen molar-refractivity contribution in [3.63, 3.8) is 0 Å². The van der Waals surface area contributed by atoms with Gasteiger partial charge in [-0.2, -0.15) is 0 Å². The molecule has 11 nitrogen and oxygen atoms in total. The lowest BCUT2D eigenvalue weighted by molar-refractivity contribution is -0.151. The van der Waals surface area contributed by atoms with Crippen LogP contribution in [-0.4, -0.2) is 57.7 Å².